The van der Waals surface area contributed by atoms with Crippen molar-refractivity contribution in [1.82, 2.24) is 64.0 Å². The van der Waals surface area contributed by atoms with E-state index in [1.54, 1.807) is 69.3 Å². The van der Waals surface area contributed by atoms with Crippen molar-refractivity contribution >= 4 is 21.9 Å². The van der Waals surface area contributed by atoms with E-state index in [1.165, 1.54) is 12.4 Å². The smallest absolute Gasteiger partial charge is 0.248 e. The van der Waals surface area contributed by atoms with Crippen molar-refractivity contribution in [3.63, 3.8) is 0 Å². The third-order valence-corrected chi connectivity index (χ3v) is 13.3. The molecule has 112 heavy (non-hydrogen) atoms. The highest BCUT2D eigenvalue weighted by atomic mass is 16.5. The van der Waals surface area contributed by atoms with Gasteiger partial charge in [0, 0.05) is 197 Å². The monoisotopic (exact) mass is 1490 g/mol. The standard InChI is InChI=1S/C14H13NO.C12H12N2.C11H13NO.3C11H13N.2C9H12N2.C9H10N2/c1-10(2)3-4-11-5-7-13-12(9-11)6-8-14(16)15-13;1-9(2)3-4-10-7-11-5-6-13-12(11)14-8-10;1-9(2)4-5-10-6-7-11(13-3)12-8-10;1-9(2)4-5-11-6-10(3)7-12-8-11;2*1-9(2)4-5-11-6-7-12-10(3)8-11;1-8(2)4-5-9-6-11(3)7-10-9;1-8(2)4-5-9-6-10-7-11(9)3;1-8(2)3-4-9-5-10-7-11-6-9/h5-10H,1-2H3,(H,15,16);5-9H,1-2H3,(H,13,14);6-9H,1-3H3;3*6-9H,1-3H3;2*6-8H,1-3H3;5-8H,1-2H3. The van der Waals surface area contributed by atoms with Crippen LogP contribution in [0, 0.1) is 181 Å². The van der Waals surface area contributed by atoms with Crippen LogP contribution in [0.3, 0.4) is 0 Å². The van der Waals surface area contributed by atoms with Crippen LogP contribution in [0.15, 0.2) is 177 Å². The van der Waals surface area contributed by atoms with Crippen molar-refractivity contribution in [1.29, 1.82) is 0 Å². The van der Waals surface area contributed by atoms with E-state index in [0.717, 1.165) is 89.2 Å². The molecule has 0 radical (unpaired) electrons. The van der Waals surface area contributed by atoms with Crippen molar-refractivity contribution in [3.05, 3.63) is 250 Å². The molecule has 10 aromatic heterocycles. The number of pyridine rings is 6. The Labute approximate surface area is 668 Å². The Bertz CT molecular complexity index is 5170. The van der Waals surface area contributed by atoms with E-state index in [2.05, 4.69) is 286 Å². The van der Waals surface area contributed by atoms with Gasteiger partial charge in [0.25, 0.3) is 0 Å². The first-order valence-corrected chi connectivity index (χ1v) is 37.5. The highest BCUT2D eigenvalue weighted by Crippen LogP contribution is 2.13. The Morgan fingerprint density at radius 3 is 1.30 bits per heavy atom. The van der Waals surface area contributed by atoms with Gasteiger partial charge in [-0.2, -0.15) is 0 Å². The van der Waals surface area contributed by atoms with Gasteiger partial charge in [-0.05, 0) is 116 Å². The number of nitrogens with one attached hydrogen (secondary N) is 2. The summed E-state index contributed by atoms with van der Waals surface area (Å²) in [5.74, 6) is 59.6. The van der Waals surface area contributed by atoms with Crippen molar-refractivity contribution in [2.75, 3.05) is 7.11 Å². The van der Waals surface area contributed by atoms with E-state index in [0.29, 0.717) is 59.1 Å². The normalized spacial score (nSPS) is 9.54. The molecule has 0 aliphatic carbocycles. The largest absolute Gasteiger partial charge is 0.481 e. The lowest BCUT2D eigenvalue weighted by Crippen LogP contribution is -2.02. The molecule has 0 bridgehead atoms. The Morgan fingerprint density at radius 2 is 0.839 bits per heavy atom. The molecule has 576 valence electrons. The number of H-pyrrole nitrogens is 2. The molecular formula is C97H111N13O2. The summed E-state index contributed by atoms with van der Waals surface area (Å²) in [7, 11) is 5.48. The Balaban J connectivity index is 0.000000327. The molecule has 15 nitrogen and oxygen atoms in total. The van der Waals surface area contributed by atoms with Gasteiger partial charge in [0.05, 0.1) is 31.5 Å². The van der Waals surface area contributed by atoms with Gasteiger partial charge in [-0.1, -0.05) is 219 Å². The Kier molecular flexibility index (Phi) is 44.1. The van der Waals surface area contributed by atoms with Crippen LogP contribution in [0.5, 0.6) is 5.88 Å². The van der Waals surface area contributed by atoms with Crippen LogP contribution in [0.1, 0.15) is 192 Å². The SMILES string of the molecule is CC(C)C#Cc1ccc2[nH]c(=O)ccc2c1.CC(C)C#Cc1cn(C)cn1.CC(C)C#Cc1cnc2[nH]ccc2c1.CC(C)C#Cc1cncn1C.CC(C)C#Cc1cncnc1.COc1ccc(C#CC(C)C)cn1.Cc1cc(C#CC(C)C)ccn1.Cc1cc(C#CC(C)C)ccn1.Cc1cncc(C#CC(C)C)c1. The van der Waals surface area contributed by atoms with Crippen LogP contribution in [-0.4, -0.2) is 71.1 Å². The van der Waals surface area contributed by atoms with Gasteiger partial charge in [0.1, 0.15) is 23.4 Å². The average molecular weight is 1490 g/mol. The number of aromatic nitrogens is 13. The fourth-order valence-corrected chi connectivity index (χ4v) is 8.03. The second-order valence-electron chi connectivity index (χ2n) is 28.2. The van der Waals surface area contributed by atoms with Gasteiger partial charge in [0.15, 0.2) is 0 Å². The maximum Gasteiger partial charge on any atom is 0.248 e. The minimum atomic E-state index is -0.0754. The summed E-state index contributed by atoms with van der Waals surface area (Å²) in [5, 5.41) is 2.12. The first-order valence-electron chi connectivity index (χ1n) is 37.5. The Morgan fingerprint density at radius 1 is 0.384 bits per heavy atom. The molecule has 11 rings (SSSR count). The number of benzene rings is 1. The zero-order valence-electron chi connectivity index (χ0n) is 70.1. The van der Waals surface area contributed by atoms with Crippen molar-refractivity contribution in [3.8, 4) is 112 Å². The van der Waals surface area contributed by atoms with Crippen LogP contribution in [-0.2, 0) is 14.1 Å². The fraction of sp³-hybridized carbons (Fsp3) is 0.340. The first kappa shape index (κ1) is 93.3. The molecule has 0 unspecified atom stereocenters. The third kappa shape index (κ3) is 44.4. The zero-order chi connectivity index (χ0) is 82.8. The number of nitrogens with zero attached hydrogens (tertiary/aromatic N) is 11. The highest BCUT2D eigenvalue weighted by molar-refractivity contribution is 5.80. The van der Waals surface area contributed by atoms with Gasteiger partial charge >= 0.3 is 0 Å². The van der Waals surface area contributed by atoms with Crippen LogP contribution in [0.4, 0.5) is 0 Å². The quantitative estimate of drug-likeness (QED) is 0.149. The van der Waals surface area contributed by atoms with Crippen molar-refractivity contribution < 1.29 is 4.74 Å². The topological polar surface area (TPSA) is 184 Å². The molecule has 10 heterocycles. The molecule has 0 aliphatic heterocycles. The predicted molar refractivity (Wildman–Crippen MR) is 462 cm³/mol. The summed E-state index contributed by atoms with van der Waals surface area (Å²) in [6, 6.07) is 26.8. The van der Waals surface area contributed by atoms with Gasteiger partial charge < -0.3 is 23.8 Å². The fourth-order valence-electron chi connectivity index (χ4n) is 8.03. The molecule has 0 amide bonds. The molecule has 0 saturated carbocycles. The third-order valence-electron chi connectivity index (χ3n) is 13.3. The van der Waals surface area contributed by atoms with Crippen LogP contribution in [0.25, 0.3) is 21.9 Å². The van der Waals surface area contributed by atoms with E-state index in [1.807, 2.05) is 141 Å². The number of aryl methyl sites for hydroxylation is 5. The van der Waals surface area contributed by atoms with Gasteiger partial charge in [0.2, 0.25) is 11.4 Å². The van der Waals surface area contributed by atoms with E-state index in [9.17, 15) is 4.79 Å². The number of methoxy groups -OCH3 is 1. The van der Waals surface area contributed by atoms with E-state index in [-0.39, 0.29) is 5.56 Å². The molecule has 0 atom stereocenters. The summed E-state index contributed by atoms with van der Waals surface area (Å²) in [6.45, 7) is 43.2. The molecular weight excluding hydrogens is 1380 g/mol. The number of aromatic amines is 2. The lowest BCUT2D eigenvalue weighted by atomic mass is 10.1. The average Bonchev–Trinajstić information content (AvgIpc) is 1.39. The number of rotatable bonds is 1. The summed E-state index contributed by atoms with van der Waals surface area (Å²) < 4.78 is 8.74. The van der Waals surface area contributed by atoms with E-state index in [4.69, 9.17) is 4.74 Å². The van der Waals surface area contributed by atoms with Crippen molar-refractivity contribution in [2.45, 2.75) is 145 Å². The molecule has 1 aromatic carbocycles. The van der Waals surface area contributed by atoms with Gasteiger partial charge in [-0.25, -0.2) is 29.9 Å². The lowest BCUT2D eigenvalue weighted by molar-refractivity contribution is 0.398. The summed E-state index contributed by atoms with van der Waals surface area (Å²) in [5.41, 5.74) is 13.6. The molecule has 15 heteroatoms. The molecule has 0 saturated heterocycles. The number of hydrogen-bond acceptors (Lipinski definition) is 11. The summed E-state index contributed by atoms with van der Waals surface area (Å²) >= 11 is 0. The van der Waals surface area contributed by atoms with Gasteiger partial charge in [-0.15, -0.1) is 0 Å². The number of imidazole rings is 2. The predicted octanol–water partition coefficient (Wildman–Crippen LogP) is 18.7. The maximum absolute atomic E-state index is 11.1. The zero-order valence-corrected chi connectivity index (χ0v) is 70.1. The van der Waals surface area contributed by atoms with Gasteiger partial charge in [-0.3, -0.25) is 19.7 Å². The maximum atomic E-state index is 11.1. The molecule has 2 N–H and O–H groups in total. The number of ether oxygens (including phenoxy) is 1. The lowest BCUT2D eigenvalue weighted by Gasteiger charge is -1.97. The van der Waals surface area contributed by atoms with E-state index < -0.39 is 0 Å². The number of fused-ring (bicyclic) bond motifs is 2. The summed E-state index contributed by atoms with van der Waals surface area (Å²) in [4.78, 5) is 53.2. The highest BCUT2D eigenvalue weighted by Gasteiger charge is 2.00. The molecule has 0 spiro atoms. The second kappa shape index (κ2) is 53.0. The second-order valence-corrected chi connectivity index (χ2v) is 28.2. The molecule has 0 aliphatic rings. The van der Waals surface area contributed by atoms with E-state index >= 15 is 0 Å². The molecule has 11 aromatic rings. The minimum absolute atomic E-state index is 0.0754. The number of hydrogen-bond donors (Lipinski definition) is 2. The summed E-state index contributed by atoms with van der Waals surface area (Å²) in [6.07, 6.45) is 24.7. The minimum Gasteiger partial charge on any atom is -0.481 e. The van der Waals surface area contributed by atoms with Crippen LogP contribution in [0.2, 0.25) is 0 Å². The van der Waals surface area contributed by atoms with Crippen molar-refractivity contribution in [2.24, 2.45) is 67.4 Å². The van der Waals surface area contributed by atoms with Crippen LogP contribution < -0.4 is 10.3 Å². The van der Waals surface area contributed by atoms with Crippen LogP contribution >= 0.6 is 0 Å². The molecule has 0 fully saturated rings. The Hall–Kier alpha value is -12.9. The first-order chi connectivity index (χ1) is 53.3.